The van der Waals surface area contributed by atoms with Gasteiger partial charge in [-0.05, 0) is 31.9 Å². The summed E-state index contributed by atoms with van der Waals surface area (Å²) in [6, 6.07) is 4.26. The lowest BCUT2D eigenvalue weighted by Gasteiger charge is -2.41. The van der Waals surface area contributed by atoms with E-state index in [1.807, 2.05) is 35.0 Å². The lowest BCUT2D eigenvalue weighted by atomic mass is 9.96. The number of nitriles is 1. The van der Waals surface area contributed by atoms with E-state index in [-0.39, 0.29) is 23.8 Å². The molecule has 0 bridgehead atoms. The Balaban J connectivity index is 1.28. The third kappa shape index (κ3) is 3.93. The van der Waals surface area contributed by atoms with Crippen molar-refractivity contribution in [3.05, 3.63) is 48.6 Å². The Morgan fingerprint density at radius 1 is 1.23 bits per heavy atom. The maximum atomic E-state index is 12.8. The Kier molecular flexibility index (Phi) is 5.76. The molecule has 0 saturated carbocycles. The molecule has 2 aliphatic heterocycles. The first-order valence-corrected chi connectivity index (χ1v) is 11.6. The van der Waals surface area contributed by atoms with Gasteiger partial charge in [0, 0.05) is 49.7 Å². The molecular formula is C25H27N7O3. The van der Waals surface area contributed by atoms with Crippen molar-refractivity contribution in [3.63, 3.8) is 0 Å². The van der Waals surface area contributed by atoms with Crippen LogP contribution in [0.3, 0.4) is 0 Å². The molecule has 2 aliphatic rings. The number of pyridine rings is 1. The van der Waals surface area contributed by atoms with Gasteiger partial charge in [0.15, 0.2) is 0 Å². The first-order valence-electron chi connectivity index (χ1n) is 11.6. The molecule has 180 valence electrons. The first-order chi connectivity index (χ1) is 16.9. The minimum atomic E-state index is -0.118. The van der Waals surface area contributed by atoms with Crippen LogP contribution in [0.25, 0.3) is 16.6 Å². The Labute approximate surface area is 203 Å². The van der Waals surface area contributed by atoms with Gasteiger partial charge < -0.3 is 14.5 Å². The number of nitrogens with zero attached hydrogens (tertiary/aromatic N) is 7. The number of rotatable bonds is 5. The fraction of sp³-hybridized carbons (Fsp3) is 0.400. The largest absolute Gasteiger partial charge is 0.494 e. The molecule has 0 spiro atoms. The summed E-state index contributed by atoms with van der Waals surface area (Å²) in [5.41, 5.74) is 3.87. The Morgan fingerprint density at radius 3 is 2.63 bits per heavy atom. The van der Waals surface area contributed by atoms with Crippen molar-refractivity contribution in [2.75, 3.05) is 33.3 Å². The zero-order chi connectivity index (χ0) is 24.7. The summed E-state index contributed by atoms with van der Waals surface area (Å²) >= 11 is 0. The Bertz CT molecular complexity index is 1350. The Morgan fingerprint density at radius 2 is 1.97 bits per heavy atom. The second-order valence-electron chi connectivity index (χ2n) is 9.07. The molecule has 0 unspecified atom stereocenters. The number of fused-ring (bicyclic) bond motifs is 1. The normalized spacial score (nSPS) is 16.7. The van der Waals surface area contributed by atoms with Gasteiger partial charge in [-0.2, -0.15) is 15.5 Å². The second-order valence-corrected chi connectivity index (χ2v) is 9.07. The number of hydrogen-bond donors (Lipinski definition) is 0. The summed E-state index contributed by atoms with van der Waals surface area (Å²) in [5.74, 6) is 0.486. The van der Waals surface area contributed by atoms with Gasteiger partial charge in [0.25, 0.3) is 0 Å². The molecule has 10 heteroatoms. The van der Waals surface area contributed by atoms with Gasteiger partial charge in [-0.3, -0.25) is 14.3 Å². The minimum absolute atomic E-state index is 0.109. The molecule has 0 atom stereocenters. The number of aromatic nitrogens is 4. The van der Waals surface area contributed by atoms with E-state index in [2.05, 4.69) is 17.7 Å². The fourth-order valence-corrected chi connectivity index (χ4v) is 4.97. The molecule has 2 fully saturated rings. The van der Waals surface area contributed by atoms with E-state index in [1.165, 1.54) is 12.3 Å². The highest BCUT2D eigenvalue weighted by Crippen LogP contribution is 2.33. The van der Waals surface area contributed by atoms with Crippen molar-refractivity contribution >= 4 is 17.3 Å². The molecule has 0 aromatic carbocycles. The first kappa shape index (κ1) is 22.7. The Hall–Kier alpha value is -4.13. The number of amides is 2. The number of methoxy groups -OCH3 is 1. The van der Waals surface area contributed by atoms with Crippen LogP contribution >= 0.6 is 0 Å². The maximum absolute atomic E-state index is 12.8. The average molecular weight is 474 g/mol. The van der Waals surface area contributed by atoms with Gasteiger partial charge in [0.2, 0.25) is 11.8 Å². The van der Waals surface area contributed by atoms with E-state index in [4.69, 9.17) is 9.84 Å². The SMILES string of the molecule is C=CC(=O)N1CC(C(=O)N2CCC(n3cc(-c4cc(OC)c5c(C#N)cnn5c4)c(C)n3)CC2)C1. The van der Waals surface area contributed by atoms with Gasteiger partial charge in [0.05, 0.1) is 31.0 Å². The van der Waals surface area contributed by atoms with Gasteiger partial charge in [-0.25, -0.2) is 4.52 Å². The maximum Gasteiger partial charge on any atom is 0.246 e. The van der Waals surface area contributed by atoms with E-state index in [0.29, 0.717) is 43.0 Å². The van der Waals surface area contributed by atoms with Gasteiger partial charge >= 0.3 is 0 Å². The molecule has 0 N–H and O–H groups in total. The summed E-state index contributed by atoms with van der Waals surface area (Å²) in [4.78, 5) is 28.0. The van der Waals surface area contributed by atoms with Crippen LogP contribution in [0.5, 0.6) is 5.75 Å². The third-order valence-electron chi connectivity index (χ3n) is 7.01. The number of carbonyl (C=O) groups excluding carboxylic acids is 2. The molecule has 35 heavy (non-hydrogen) atoms. The van der Waals surface area contributed by atoms with Crippen LogP contribution in [0.4, 0.5) is 0 Å². The van der Waals surface area contributed by atoms with Crippen molar-refractivity contribution < 1.29 is 14.3 Å². The number of piperidine rings is 1. The average Bonchev–Trinajstić information content (AvgIpc) is 3.45. The van der Waals surface area contributed by atoms with Crippen molar-refractivity contribution in [2.45, 2.75) is 25.8 Å². The summed E-state index contributed by atoms with van der Waals surface area (Å²) < 4.78 is 9.21. The van der Waals surface area contributed by atoms with Crippen molar-refractivity contribution in [3.8, 4) is 22.9 Å². The van der Waals surface area contributed by atoms with E-state index in [0.717, 1.165) is 29.7 Å². The van der Waals surface area contributed by atoms with Gasteiger partial charge in [0.1, 0.15) is 22.9 Å². The number of aryl methyl sites for hydroxylation is 1. The van der Waals surface area contributed by atoms with E-state index >= 15 is 0 Å². The van der Waals surface area contributed by atoms with Crippen LogP contribution in [0, 0.1) is 24.2 Å². The molecule has 10 nitrogen and oxygen atoms in total. The lowest BCUT2D eigenvalue weighted by Crippen LogP contribution is -2.57. The highest BCUT2D eigenvalue weighted by molar-refractivity contribution is 5.90. The van der Waals surface area contributed by atoms with Crippen LogP contribution in [0.1, 0.15) is 30.1 Å². The number of ether oxygens (including phenoxy) is 1. The number of carbonyl (C=O) groups is 2. The number of hydrogen-bond acceptors (Lipinski definition) is 6. The molecule has 5 rings (SSSR count). The molecular weight excluding hydrogens is 446 g/mol. The van der Waals surface area contributed by atoms with Gasteiger partial charge in [-0.1, -0.05) is 6.58 Å². The predicted octanol–water partition coefficient (Wildman–Crippen LogP) is 2.19. The molecule has 0 radical (unpaired) electrons. The zero-order valence-electron chi connectivity index (χ0n) is 19.8. The molecule has 2 amide bonds. The molecule has 2 saturated heterocycles. The van der Waals surface area contributed by atoms with Crippen LogP contribution in [0.2, 0.25) is 0 Å². The summed E-state index contributed by atoms with van der Waals surface area (Å²) in [6.07, 6.45) is 8.39. The van der Waals surface area contributed by atoms with Crippen LogP contribution in [-0.2, 0) is 9.59 Å². The van der Waals surface area contributed by atoms with E-state index in [9.17, 15) is 14.9 Å². The summed E-state index contributed by atoms with van der Waals surface area (Å²) in [7, 11) is 1.58. The van der Waals surface area contributed by atoms with Crippen LogP contribution in [0.15, 0.2) is 37.3 Å². The van der Waals surface area contributed by atoms with Crippen LogP contribution in [-0.4, -0.2) is 74.3 Å². The van der Waals surface area contributed by atoms with Crippen molar-refractivity contribution in [1.29, 1.82) is 5.26 Å². The fourth-order valence-electron chi connectivity index (χ4n) is 4.97. The molecule has 3 aromatic heterocycles. The predicted molar refractivity (Wildman–Crippen MR) is 128 cm³/mol. The smallest absolute Gasteiger partial charge is 0.246 e. The monoisotopic (exact) mass is 473 g/mol. The van der Waals surface area contributed by atoms with E-state index < -0.39 is 0 Å². The molecule has 3 aromatic rings. The lowest BCUT2D eigenvalue weighted by molar-refractivity contribution is -0.147. The van der Waals surface area contributed by atoms with E-state index in [1.54, 1.807) is 16.5 Å². The van der Waals surface area contributed by atoms with Crippen molar-refractivity contribution in [2.24, 2.45) is 5.92 Å². The standard InChI is InChI=1S/C25H27N7O3/c1-4-23(33)30-12-19(13-30)25(34)29-7-5-20(6-8-29)31-15-21(16(2)28-31)17-9-22(35-3)24-18(10-26)11-27-32(24)14-17/h4,9,11,14-15,19-20H,1,5-8,12-13H2,2-3H3. The highest BCUT2D eigenvalue weighted by Gasteiger charge is 2.38. The minimum Gasteiger partial charge on any atom is -0.494 e. The highest BCUT2D eigenvalue weighted by atomic mass is 16.5. The number of likely N-dealkylation sites (tertiary alicyclic amines) is 2. The summed E-state index contributed by atoms with van der Waals surface area (Å²) in [5, 5.41) is 18.4. The van der Waals surface area contributed by atoms with Crippen molar-refractivity contribution in [1.82, 2.24) is 29.2 Å². The third-order valence-corrected chi connectivity index (χ3v) is 7.01. The van der Waals surface area contributed by atoms with Gasteiger partial charge in [-0.15, -0.1) is 0 Å². The summed E-state index contributed by atoms with van der Waals surface area (Å²) in [6.45, 7) is 7.77. The van der Waals surface area contributed by atoms with Crippen LogP contribution < -0.4 is 4.74 Å². The molecule has 0 aliphatic carbocycles. The quantitative estimate of drug-likeness (QED) is 0.526. The topological polar surface area (TPSA) is 109 Å². The molecule has 5 heterocycles. The second kappa shape index (κ2) is 8.91. The zero-order valence-corrected chi connectivity index (χ0v) is 19.8.